The largest absolute Gasteiger partial charge is 0.398 e. The van der Waals surface area contributed by atoms with Gasteiger partial charge in [-0.3, -0.25) is 5.10 Å². The summed E-state index contributed by atoms with van der Waals surface area (Å²) in [5.74, 6) is 0.706. The molecule has 0 fully saturated rings. The van der Waals surface area contributed by atoms with Crippen molar-refractivity contribution in [3.8, 4) is 0 Å². The Bertz CT molecular complexity index is 724. The number of benzene rings is 1. The zero-order chi connectivity index (χ0) is 14.9. The summed E-state index contributed by atoms with van der Waals surface area (Å²) < 4.78 is 25.1. The van der Waals surface area contributed by atoms with Crippen molar-refractivity contribution in [1.29, 1.82) is 0 Å². The molecule has 2 rings (SSSR count). The monoisotopic (exact) mass is 313 g/mol. The van der Waals surface area contributed by atoms with Gasteiger partial charge in [0.2, 0.25) is 15.2 Å². The Labute approximate surface area is 121 Å². The molecule has 0 radical (unpaired) electrons. The first kappa shape index (κ1) is 14.8. The zero-order valence-corrected chi connectivity index (χ0v) is 12.9. The van der Waals surface area contributed by atoms with Crippen molar-refractivity contribution in [3.05, 3.63) is 24.0 Å². The molecule has 0 unspecified atom stereocenters. The van der Waals surface area contributed by atoms with Crippen molar-refractivity contribution in [1.82, 2.24) is 19.5 Å². The van der Waals surface area contributed by atoms with Gasteiger partial charge in [-0.05, 0) is 36.9 Å². The topological polar surface area (TPSA) is 105 Å². The van der Waals surface area contributed by atoms with Gasteiger partial charge in [0, 0.05) is 24.7 Å². The molecule has 108 valence electrons. The van der Waals surface area contributed by atoms with Gasteiger partial charge in [-0.15, -0.1) is 5.10 Å². The van der Waals surface area contributed by atoms with Crippen LogP contribution in [0.15, 0.2) is 33.1 Å². The molecule has 7 nitrogen and oxygen atoms in total. The Morgan fingerprint density at radius 2 is 2.05 bits per heavy atom. The molecule has 1 aromatic heterocycles. The fraction of sp³-hybridized carbons (Fsp3) is 0.273. The number of nitrogens with zero attached hydrogens (tertiary/aromatic N) is 3. The van der Waals surface area contributed by atoms with Crippen LogP contribution in [0.3, 0.4) is 0 Å². The first-order valence-corrected chi connectivity index (χ1v) is 7.95. The standard InChI is InChI=1S/C11H15N5O2S2/c1-7-13-11(15-14-7)19-10-5-4-8(6-9(10)12)20(17,18)16(2)3/h4-6H,12H2,1-3H3,(H,13,14,15). The lowest BCUT2D eigenvalue weighted by molar-refractivity contribution is 0.520. The highest BCUT2D eigenvalue weighted by Gasteiger charge is 2.18. The quantitative estimate of drug-likeness (QED) is 0.819. The predicted octanol–water partition coefficient (Wildman–Crippen LogP) is 1.10. The number of nitrogens with two attached hydrogens (primary N) is 1. The van der Waals surface area contributed by atoms with Crippen LogP contribution in [0, 0.1) is 6.92 Å². The lowest BCUT2D eigenvalue weighted by Gasteiger charge is -2.12. The van der Waals surface area contributed by atoms with Crippen LogP contribution in [-0.4, -0.2) is 42.0 Å². The number of sulfonamides is 1. The SMILES string of the molecule is Cc1nc(Sc2ccc(S(=O)(=O)N(C)C)cc2N)n[nH]1. The van der Waals surface area contributed by atoms with E-state index in [1.807, 2.05) is 0 Å². The summed E-state index contributed by atoms with van der Waals surface area (Å²) in [6.07, 6.45) is 0. The highest BCUT2D eigenvalue weighted by Crippen LogP contribution is 2.31. The van der Waals surface area contributed by atoms with E-state index in [0.717, 1.165) is 4.31 Å². The zero-order valence-electron chi connectivity index (χ0n) is 11.3. The molecule has 0 aliphatic rings. The van der Waals surface area contributed by atoms with Crippen LogP contribution in [0.1, 0.15) is 5.82 Å². The summed E-state index contributed by atoms with van der Waals surface area (Å²) in [5.41, 5.74) is 6.28. The van der Waals surface area contributed by atoms with Crippen LogP contribution in [0.5, 0.6) is 0 Å². The summed E-state index contributed by atoms with van der Waals surface area (Å²) in [5, 5.41) is 7.27. The first-order valence-electron chi connectivity index (χ1n) is 5.69. The minimum absolute atomic E-state index is 0.163. The maximum Gasteiger partial charge on any atom is 0.242 e. The number of aryl methyl sites for hydroxylation is 1. The van der Waals surface area contributed by atoms with Crippen molar-refractivity contribution in [2.45, 2.75) is 21.9 Å². The third-order valence-electron chi connectivity index (χ3n) is 2.54. The molecule has 20 heavy (non-hydrogen) atoms. The molecule has 0 aliphatic carbocycles. The molecule has 0 amide bonds. The summed E-state index contributed by atoms with van der Waals surface area (Å²) in [7, 11) is -0.525. The molecule has 9 heteroatoms. The minimum atomic E-state index is -3.48. The molecule has 0 bridgehead atoms. The molecule has 2 aromatic rings. The summed E-state index contributed by atoms with van der Waals surface area (Å²) >= 11 is 1.28. The average Bonchev–Trinajstić information content (AvgIpc) is 2.77. The second-order valence-electron chi connectivity index (χ2n) is 4.29. The lowest BCUT2D eigenvalue weighted by Crippen LogP contribution is -2.22. The van der Waals surface area contributed by atoms with E-state index < -0.39 is 10.0 Å². The summed E-state index contributed by atoms with van der Waals surface area (Å²) in [6, 6.07) is 4.62. The van der Waals surface area contributed by atoms with Gasteiger partial charge in [-0.1, -0.05) is 0 Å². The van der Waals surface area contributed by atoms with E-state index in [2.05, 4.69) is 15.2 Å². The van der Waals surface area contributed by atoms with E-state index >= 15 is 0 Å². The fourth-order valence-corrected chi connectivity index (χ4v) is 3.18. The maximum absolute atomic E-state index is 12.0. The third kappa shape index (κ3) is 2.94. The second-order valence-corrected chi connectivity index (χ2v) is 7.45. The van der Waals surface area contributed by atoms with Crippen molar-refractivity contribution in [3.63, 3.8) is 0 Å². The number of rotatable bonds is 4. The van der Waals surface area contributed by atoms with Gasteiger partial charge in [0.1, 0.15) is 5.82 Å². The number of hydrogen-bond donors (Lipinski definition) is 2. The van der Waals surface area contributed by atoms with E-state index in [4.69, 9.17) is 5.73 Å². The normalized spacial score (nSPS) is 12.0. The van der Waals surface area contributed by atoms with Gasteiger partial charge < -0.3 is 5.73 Å². The molecule has 0 spiro atoms. The van der Waals surface area contributed by atoms with Gasteiger partial charge >= 0.3 is 0 Å². The number of hydrogen-bond acceptors (Lipinski definition) is 6. The van der Waals surface area contributed by atoms with Gasteiger partial charge in [-0.25, -0.2) is 17.7 Å². The van der Waals surface area contributed by atoms with Crippen molar-refractivity contribution in [2.24, 2.45) is 0 Å². The predicted molar refractivity (Wildman–Crippen MR) is 77.0 cm³/mol. The Kier molecular flexibility index (Phi) is 4.02. The van der Waals surface area contributed by atoms with Crippen molar-refractivity contribution in [2.75, 3.05) is 19.8 Å². The lowest BCUT2D eigenvalue weighted by atomic mass is 10.3. The molecule has 1 aromatic carbocycles. The molecule has 0 saturated heterocycles. The van der Waals surface area contributed by atoms with Gasteiger partial charge in [0.15, 0.2) is 0 Å². The molecule has 1 heterocycles. The average molecular weight is 313 g/mol. The van der Waals surface area contributed by atoms with Gasteiger partial charge in [0.05, 0.1) is 4.90 Å². The van der Waals surface area contributed by atoms with Crippen molar-refractivity contribution < 1.29 is 8.42 Å². The molecule has 0 atom stereocenters. The molecule has 0 saturated carbocycles. The number of nitrogen functional groups attached to an aromatic ring is 1. The van der Waals surface area contributed by atoms with E-state index in [0.29, 0.717) is 21.6 Å². The number of nitrogens with one attached hydrogen (secondary N) is 1. The Morgan fingerprint density at radius 1 is 1.35 bits per heavy atom. The van der Waals surface area contributed by atoms with Crippen molar-refractivity contribution >= 4 is 27.5 Å². The highest BCUT2D eigenvalue weighted by molar-refractivity contribution is 7.99. The molecule has 0 aliphatic heterocycles. The van der Waals surface area contributed by atoms with Gasteiger partial charge in [0.25, 0.3) is 0 Å². The van der Waals surface area contributed by atoms with Gasteiger partial charge in [-0.2, -0.15) is 0 Å². The van der Waals surface area contributed by atoms with Crippen LogP contribution >= 0.6 is 11.8 Å². The number of anilines is 1. The number of aromatic amines is 1. The van der Waals surface area contributed by atoms with Crippen LogP contribution in [-0.2, 0) is 10.0 Å². The second kappa shape index (κ2) is 5.43. The number of aromatic nitrogens is 3. The molecule has 3 N–H and O–H groups in total. The third-order valence-corrected chi connectivity index (χ3v) is 5.31. The maximum atomic E-state index is 12.0. The van der Waals surface area contributed by atoms with Crippen LogP contribution < -0.4 is 5.73 Å². The minimum Gasteiger partial charge on any atom is -0.398 e. The van der Waals surface area contributed by atoms with E-state index in [1.54, 1.807) is 13.0 Å². The smallest absolute Gasteiger partial charge is 0.242 e. The Morgan fingerprint density at radius 3 is 2.55 bits per heavy atom. The highest BCUT2D eigenvalue weighted by atomic mass is 32.2. The molecular formula is C11H15N5O2S2. The summed E-state index contributed by atoms with van der Waals surface area (Å²) in [6.45, 7) is 1.80. The molecular weight excluding hydrogens is 298 g/mol. The van der Waals surface area contributed by atoms with E-state index in [9.17, 15) is 8.42 Å². The van der Waals surface area contributed by atoms with E-state index in [1.165, 1.54) is 38.0 Å². The Hall–Kier alpha value is -1.58. The Balaban J connectivity index is 2.31. The fourth-order valence-electron chi connectivity index (χ4n) is 1.46. The van der Waals surface area contributed by atoms with Crippen LogP contribution in [0.25, 0.3) is 0 Å². The summed E-state index contributed by atoms with van der Waals surface area (Å²) in [4.78, 5) is 5.03. The first-order chi connectivity index (χ1) is 9.30. The van der Waals surface area contributed by atoms with Crippen LogP contribution in [0.4, 0.5) is 5.69 Å². The van der Waals surface area contributed by atoms with E-state index in [-0.39, 0.29) is 4.90 Å². The number of H-pyrrole nitrogens is 1. The van der Waals surface area contributed by atoms with Crippen LogP contribution in [0.2, 0.25) is 0 Å².